The molecule has 1 unspecified atom stereocenters. The first-order chi connectivity index (χ1) is 18.2. The topological polar surface area (TPSA) is 84.1 Å². The molecule has 2 aliphatic heterocycles. The maximum Gasteiger partial charge on any atom is 0.254 e. The van der Waals surface area contributed by atoms with Gasteiger partial charge in [0.25, 0.3) is 5.91 Å². The number of nitrogens with zero attached hydrogens (tertiary/aromatic N) is 5. The predicted molar refractivity (Wildman–Crippen MR) is 133 cm³/mol. The van der Waals surface area contributed by atoms with Crippen LogP contribution in [0.25, 0.3) is 22.2 Å². The third-order valence-electron chi connectivity index (χ3n) is 6.92. The zero-order valence-electron chi connectivity index (χ0n) is 22.4. The number of hydrogen-bond acceptors (Lipinski definition) is 5. The second-order valence-electron chi connectivity index (χ2n) is 8.88. The van der Waals surface area contributed by atoms with Gasteiger partial charge in [-0.1, -0.05) is 25.0 Å². The summed E-state index contributed by atoms with van der Waals surface area (Å²) in [6, 6.07) is 10.1. The number of aliphatic hydroxyl groups is 1. The van der Waals surface area contributed by atoms with Gasteiger partial charge in [0, 0.05) is 52.2 Å². The van der Waals surface area contributed by atoms with Crippen molar-refractivity contribution in [1.29, 1.82) is 0 Å². The number of rotatable bonds is 3. The van der Waals surface area contributed by atoms with Crippen LogP contribution < -0.4 is 0 Å². The first-order valence-corrected chi connectivity index (χ1v) is 11.6. The summed E-state index contributed by atoms with van der Waals surface area (Å²) in [5.74, 6) is 6.44. The Morgan fingerprint density at radius 3 is 2.77 bits per heavy atom. The van der Waals surface area contributed by atoms with Gasteiger partial charge in [-0.2, -0.15) is 0 Å². The number of benzene rings is 2. The maximum absolute atomic E-state index is 13.6. The van der Waals surface area contributed by atoms with Gasteiger partial charge >= 0.3 is 0 Å². The molecule has 6 rings (SSSR count). The number of imidazole rings is 1. The van der Waals surface area contributed by atoms with Crippen LogP contribution in [0, 0.1) is 11.8 Å². The SMILES string of the molecule is [2H]C([2H])([2H])N1C(=O)c2cccc(C#CC)c2[C@H]2C[C@@H]1c1nc3ccc(-c4cnc(C(O)CC)nc4)cc3n12. The summed E-state index contributed by atoms with van der Waals surface area (Å²) < 4.78 is 26.7. The van der Waals surface area contributed by atoms with Crippen molar-refractivity contribution in [2.75, 3.05) is 6.98 Å². The molecular formula is C28H25N5O2. The van der Waals surface area contributed by atoms with Crippen molar-refractivity contribution in [1.82, 2.24) is 24.4 Å². The van der Waals surface area contributed by atoms with Gasteiger partial charge in [-0.3, -0.25) is 4.79 Å². The first-order valence-electron chi connectivity index (χ1n) is 13.1. The Bertz CT molecular complexity index is 1650. The van der Waals surface area contributed by atoms with Crippen LogP contribution in [0.5, 0.6) is 0 Å². The zero-order valence-corrected chi connectivity index (χ0v) is 19.4. The molecule has 3 atom stereocenters. The minimum atomic E-state index is -2.64. The zero-order chi connectivity index (χ0) is 26.8. The molecule has 1 amide bonds. The van der Waals surface area contributed by atoms with Gasteiger partial charge in [-0.25, -0.2) is 15.0 Å². The number of amides is 1. The smallest absolute Gasteiger partial charge is 0.254 e. The Kier molecular flexibility index (Phi) is 4.21. The third kappa shape index (κ3) is 3.17. The van der Waals surface area contributed by atoms with Crippen molar-refractivity contribution in [2.45, 2.75) is 44.9 Å². The second kappa shape index (κ2) is 8.03. The van der Waals surface area contributed by atoms with Crippen molar-refractivity contribution in [3.05, 3.63) is 77.1 Å². The van der Waals surface area contributed by atoms with E-state index < -0.39 is 25.0 Å². The number of carbonyl (C=O) groups is 1. The van der Waals surface area contributed by atoms with Crippen molar-refractivity contribution >= 4 is 16.9 Å². The van der Waals surface area contributed by atoms with E-state index in [1.54, 1.807) is 31.5 Å². The van der Waals surface area contributed by atoms with E-state index in [4.69, 9.17) is 9.10 Å². The van der Waals surface area contributed by atoms with Crippen LogP contribution in [0.15, 0.2) is 48.8 Å². The molecule has 35 heavy (non-hydrogen) atoms. The number of carbonyl (C=O) groups excluding carboxylic acids is 1. The molecule has 0 radical (unpaired) electrons. The molecule has 2 bridgehead atoms. The van der Waals surface area contributed by atoms with Crippen molar-refractivity contribution in [3.8, 4) is 23.0 Å². The molecule has 2 aromatic carbocycles. The molecule has 4 aromatic rings. The summed E-state index contributed by atoms with van der Waals surface area (Å²) >= 11 is 0. The number of aliphatic hydroxyl groups excluding tert-OH is 1. The lowest BCUT2D eigenvalue weighted by Gasteiger charge is -2.24. The Morgan fingerprint density at radius 2 is 2.03 bits per heavy atom. The highest BCUT2D eigenvalue weighted by Gasteiger charge is 2.44. The molecule has 7 nitrogen and oxygen atoms in total. The summed E-state index contributed by atoms with van der Waals surface area (Å²) in [5, 5.41) is 10.0. The van der Waals surface area contributed by atoms with Gasteiger partial charge in [0.1, 0.15) is 11.9 Å². The van der Waals surface area contributed by atoms with E-state index in [1.807, 2.05) is 31.2 Å². The van der Waals surface area contributed by atoms with Gasteiger partial charge in [0.05, 0.1) is 23.1 Å². The highest BCUT2D eigenvalue weighted by molar-refractivity contribution is 5.98. The Balaban J connectivity index is 1.57. The summed E-state index contributed by atoms with van der Waals surface area (Å²) in [6.45, 7) is 0.966. The molecule has 0 spiro atoms. The molecule has 4 heterocycles. The fourth-order valence-corrected chi connectivity index (χ4v) is 5.21. The maximum atomic E-state index is 13.6. The Hall–Kier alpha value is -4.02. The van der Waals surface area contributed by atoms with Gasteiger partial charge in [0.15, 0.2) is 5.82 Å². The fraction of sp³-hybridized carbons (Fsp3) is 0.286. The van der Waals surface area contributed by atoms with E-state index in [9.17, 15) is 9.90 Å². The fourth-order valence-electron chi connectivity index (χ4n) is 5.21. The van der Waals surface area contributed by atoms with E-state index in [1.165, 1.54) is 0 Å². The van der Waals surface area contributed by atoms with E-state index in [0.29, 0.717) is 41.1 Å². The first kappa shape index (κ1) is 18.3. The number of hydrogen-bond donors (Lipinski definition) is 1. The van der Waals surface area contributed by atoms with Crippen LogP contribution in [0.3, 0.4) is 0 Å². The summed E-state index contributed by atoms with van der Waals surface area (Å²) in [4.78, 5) is 28.1. The van der Waals surface area contributed by atoms with Crippen molar-refractivity contribution in [3.63, 3.8) is 0 Å². The summed E-state index contributed by atoms with van der Waals surface area (Å²) in [7, 11) is 0. The molecule has 1 N–H and O–H groups in total. The second-order valence-corrected chi connectivity index (χ2v) is 8.88. The standard InChI is InChI=1S/C28H25N5O2/c1-4-7-16-8-6-9-19-25(16)22-13-23(32(3)28(19)35)27-31-20-11-10-17(12-21(20)33(22)27)18-14-29-26(30-15-18)24(34)5-2/h6,8-12,14-15,22-24,34H,5,13H2,1-3H3/t22-,23-,24?/m1/s1/i3D3. The molecule has 0 saturated carbocycles. The minimum Gasteiger partial charge on any atom is -0.385 e. The van der Waals surface area contributed by atoms with E-state index in [-0.39, 0.29) is 6.04 Å². The molecule has 0 saturated heterocycles. The highest BCUT2D eigenvalue weighted by atomic mass is 16.3. The minimum absolute atomic E-state index is 0.308. The average Bonchev–Trinajstić information content (AvgIpc) is 3.40. The largest absolute Gasteiger partial charge is 0.385 e. The van der Waals surface area contributed by atoms with Crippen LogP contribution in [0.2, 0.25) is 0 Å². The Morgan fingerprint density at radius 1 is 1.20 bits per heavy atom. The quantitative estimate of drug-likeness (QED) is 0.452. The molecule has 174 valence electrons. The lowest BCUT2D eigenvalue weighted by Crippen LogP contribution is -2.30. The molecular weight excluding hydrogens is 438 g/mol. The summed E-state index contributed by atoms with van der Waals surface area (Å²) in [5.41, 5.74) is 4.97. The van der Waals surface area contributed by atoms with Gasteiger partial charge in [0.2, 0.25) is 0 Å². The Labute approximate surface area is 207 Å². The van der Waals surface area contributed by atoms with Crippen molar-refractivity contribution < 1.29 is 14.0 Å². The summed E-state index contributed by atoms with van der Waals surface area (Å²) in [6.07, 6.45) is 3.59. The van der Waals surface area contributed by atoms with Crippen LogP contribution in [-0.2, 0) is 0 Å². The van der Waals surface area contributed by atoms with Gasteiger partial charge < -0.3 is 14.6 Å². The normalized spacial score (nSPS) is 20.7. The number of fused-ring (bicyclic) bond motifs is 9. The number of aromatic nitrogens is 4. The molecule has 7 heteroatoms. The lowest BCUT2D eigenvalue weighted by molar-refractivity contribution is 0.0734. The monoisotopic (exact) mass is 466 g/mol. The van der Waals surface area contributed by atoms with Crippen LogP contribution in [0.1, 0.15) is 82.1 Å². The molecule has 0 fully saturated rings. The van der Waals surface area contributed by atoms with E-state index in [0.717, 1.165) is 27.1 Å². The van der Waals surface area contributed by atoms with Crippen LogP contribution >= 0.6 is 0 Å². The van der Waals surface area contributed by atoms with Crippen LogP contribution in [0.4, 0.5) is 0 Å². The average molecular weight is 467 g/mol. The van der Waals surface area contributed by atoms with E-state index >= 15 is 0 Å². The predicted octanol–water partition coefficient (Wildman–Crippen LogP) is 4.43. The van der Waals surface area contributed by atoms with Crippen LogP contribution in [-0.4, -0.2) is 42.4 Å². The molecule has 0 aliphatic carbocycles. The van der Waals surface area contributed by atoms with Gasteiger partial charge in [-0.05, 0) is 43.2 Å². The lowest BCUT2D eigenvalue weighted by atomic mass is 9.93. The van der Waals surface area contributed by atoms with Gasteiger partial charge in [-0.15, -0.1) is 5.92 Å². The molecule has 2 aromatic heterocycles. The third-order valence-corrected chi connectivity index (χ3v) is 6.92. The highest BCUT2D eigenvalue weighted by Crippen LogP contribution is 2.48. The van der Waals surface area contributed by atoms with E-state index in [2.05, 4.69) is 26.4 Å². The molecule has 2 aliphatic rings. The van der Waals surface area contributed by atoms with Crippen molar-refractivity contribution in [2.24, 2.45) is 0 Å².